The highest BCUT2D eigenvalue weighted by atomic mass is 35.5. The average molecular weight is 471 g/mol. The van der Waals surface area contributed by atoms with Crippen molar-refractivity contribution in [3.63, 3.8) is 0 Å². The number of halogens is 2. The van der Waals surface area contributed by atoms with E-state index in [0.29, 0.717) is 47.3 Å². The number of methoxy groups -OCH3 is 1. The molecule has 1 atom stereocenters. The molecule has 0 bridgehead atoms. The third-order valence-corrected chi connectivity index (χ3v) is 7.07. The molecule has 3 rings (SSSR count). The molecule has 1 fully saturated rings. The summed E-state index contributed by atoms with van der Waals surface area (Å²) in [4.78, 5) is 14.8. The molecule has 0 aromatic heterocycles. The first-order valence-electron chi connectivity index (χ1n) is 9.46. The summed E-state index contributed by atoms with van der Waals surface area (Å²) in [5.41, 5.74) is 0.885. The Morgan fingerprint density at radius 1 is 1.20 bits per heavy atom. The lowest BCUT2D eigenvalue weighted by molar-refractivity contribution is 0.0782. The number of carbonyl (C=O) groups excluding carboxylic acids is 1. The van der Waals surface area contributed by atoms with Crippen molar-refractivity contribution in [2.45, 2.75) is 24.7 Å². The van der Waals surface area contributed by atoms with Gasteiger partial charge in [0.2, 0.25) is 0 Å². The zero-order valence-electron chi connectivity index (χ0n) is 16.4. The van der Waals surface area contributed by atoms with E-state index in [4.69, 9.17) is 27.9 Å². The first-order valence-corrected chi connectivity index (χ1v) is 11.8. The van der Waals surface area contributed by atoms with Crippen LogP contribution in [0.1, 0.15) is 35.2 Å². The summed E-state index contributed by atoms with van der Waals surface area (Å²) in [5.74, 6) is 0.0172. The number of hydrogen-bond donors (Lipinski definition) is 0. The fourth-order valence-corrected chi connectivity index (χ4v) is 4.78. The van der Waals surface area contributed by atoms with E-state index in [1.54, 1.807) is 48.4 Å². The monoisotopic (exact) mass is 470 g/mol. The molecule has 2 aromatic rings. The number of amides is 1. The molecule has 6 nitrogen and oxygen atoms in total. The number of nitrogens with zero attached hydrogens (tertiary/aromatic N) is 1. The first-order chi connectivity index (χ1) is 14.1. The Balaban J connectivity index is 1.87. The van der Waals surface area contributed by atoms with E-state index in [2.05, 4.69) is 0 Å². The largest absolute Gasteiger partial charge is 0.748 e. The Morgan fingerprint density at radius 3 is 2.63 bits per heavy atom. The van der Waals surface area contributed by atoms with E-state index in [9.17, 15) is 17.8 Å². The quantitative estimate of drug-likeness (QED) is 0.568. The third kappa shape index (κ3) is 5.27. The van der Waals surface area contributed by atoms with Gasteiger partial charge in [0.05, 0.1) is 27.3 Å². The maximum Gasteiger partial charge on any atom is 0.254 e. The Labute approximate surface area is 186 Å². The molecule has 0 saturated carbocycles. The van der Waals surface area contributed by atoms with E-state index in [1.165, 1.54) is 0 Å². The molecule has 1 unspecified atom stereocenters. The summed E-state index contributed by atoms with van der Waals surface area (Å²) in [6.07, 6.45) is 1.27. The van der Waals surface area contributed by atoms with Crippen LogP contribution in [0.2, 0.25) is 10.0 Å². The van der Waals surface area contributed by atoms with Crippen LogP contribution in [0.3, 0.4) is 0 Å². The zero-order chi connectivity index (χ0) is 21.9. The SMILES string of the molecule is COc1cccc(C(=O)N2CCC(CCCS(=O)(=O)[O-])(c3ccc(Cl)c(Cl)c3)C2)c1. The number of benzene rings is 2. The molecular formula is C21H22Cl2NO5S-. The molecule has 162 valence electrons. The predicted molar refractivity (Wildman–Crippen MR) is 115 cm³/mol. The minimum atomic E-state index is -4.31. The Hall–Kier alpha value is -1.80. The first kappa shape index (κ1) is 22.9. The summed E-state index contributed by atoms with van der Waals surface area (Å²) in [6, 6.07) is 12.2. The molecule has 0 aliphatic carbocycles. The van der Waals surface area contributed by atoms with Gasteiger partial charge in [-0.15, -0.1) is 0 Å². The second-order valence-electron chi connectivity index (χ2n) is 7.48. The standard InChI is InChI=1S/C21H23Cl2NO5S/c1-29-17-5-2-4-15(12-17)20(25)24-10-9-21(14-24,8-3-11-30(26,27)28)16-6-7-18(22)19(23)13-16/h2,4-7,12-13H,3,8-11,14H2,1H3,(H,26,27,28)/p-1. The lowest BCUT2D eigenvalue weighted by Gasteiger charge is -2.31. The number of hydrogen-bond acceptors (Lipinski definition) is 5. The minimum Gasteiger partial charge on any atom is -0.748 e. The molecule has 1 amide bonds. The smallest absolute Gasteiger partial charge is 0.254 e. The van der Waals surface area contributed by atoms with Gasteiger partial charge >= 0.3 is 0 Å². The van der Waals surface area contributed by atoms with E-state index in [-0.39, 0.29) is 12.3 Å². The lowest BCUT2D eigenvalue weighted by Crippen LogP contribution is -2.35. The van der Waals surface area contributed by atoms with Gasteiger partial charge in [0.25, 0.3) is 5.91 Å². The summed E-state index contributed by atoms with van der Waals surface area (Å²) < 4.78 is 38.5. The molecule has 9 heteroatoms. The molecule has 2 aromatic carbocycles. The minimum absolute atomic E-state index is 0.132. The van der Waals surface area contributed by atoms with Crippen LogP contribution < -0.4 is 4.74 Å². The van der Waals surface area contributed by atoms with E-state index >= 15 is 0 Å². The summed E-state index contributed by atoms with van der Waals surface area (Å²) in [5, 5.41) is 0.808. The molecule has 0 N–H and O–H groups in total. The van der Waals surface area contributed by atoms with Crippen molar-refractivity contribution in [1.82, 2.24) is 4.90 Å². The predicted octanol–water partition coefficient (Wildman–Crippen LogP) is 4.11. The van der Waals surface area contributed by atoms with Crippen LogP contribution in [0, 0.1) is 0 Å². The van der Waals surface area contributed by atoms with Gasteiger partial charge in [-0.05, 0) is 55.2 Å². The molecule has 1 aliphatic heterocycles. The van der Waals surface area contributed by atoms with Gasteiger partial charge in [0.1, 0.15) is 5.75 Å². The molecule has 1 saturated heterocycles. The van der Waals surface area contributed by atoms with E-state index < -0.39 is 21.3 Å². The van der Waals surface area contributed by atoms with Crippen molar-refractivity contribution < 1.29 is 22.5 Å². The van der Waals surface area contributed by atoms with Gasteiger partial charge in [-0.2, -0.15) is 0 Å². The van der Waals surface area contributed by atoms with Crippen LogP contribution in [0.25, 0.3) is 0 Å². The van der Waals surface area contributed by atoms with Crippen molar-refractivity contribution in [3.8, 4) is 5.75 Å². The van der Waals surface area contributed by atoms with Crippen molar-refractivity contribution in [2.24, 2.45) is 0 Å². The van der Waals surface area contributed by atoms with Gasteiger partial charge < -0.3 is 14.2 Å². The maximum absolute atomic E-state index is 13.1. The molecule has 0 spiro atoms. The molecular weight excluding hydrogens is 449 g/mol. The molecule has 30 heavy (non-hydrogen) atoms. The summed E-state index contributed by atoms with van der Waals surface area (Å²) >= 11 is 12.3. The van der Waals surface area contributed by atoms with Gasteiger partial charge in [-0.1, -0.05) is 35.3 Å². The van der Waals surface area contributed by atoms with E-state index in [0.717, 1.165) is 5.56 Å². The summed E-state index contributed by atoms with van der Waals surface area (Å²) in [6.45, 7) is 0.889. The Bertz CT molecular complexity index is 1040. The Morgan fingerprint density at radius 2 is 1.97 bits per heavy atom. The van der Waals surface area contributed by atoms with Crippen LogP contribution in [-0.4, -0.2) is 49.7 Å². The van der Waals surface area contributed by atoms with Gasteiger partial charge in [-0.3, -0.25) is 4.79 Å². The highest BCUT2D eigenvalue weighted by Gasteiger charge is 2.41. The number of carbonyl (C=O) groups is 1. The van der Waals surface area contributed by atoms with Crippen LogP contribution >= 0.6 is 23.2 Å². The summed E-state index contributed by atoms with van der Waals surface area (Å²) in [7, 11) is -2.77. The average Bonchev–Trinajstić information content (AvgIpc) is 3.14. The van der Waals surface area contributed by atoms with Crippen LogP contribution in [0.15, 0.2) is 42.5 Å². The van der Waals surface area contributed by atoms with Gasteiger partial charge in [-0.25, -0.2) is 8.42 Å². The Kier molecular flexibility index (Phi) is 6.97. The van der Waals surface area contributed by atoms with Crippen LogP contribution in [0.4, 0.5) is 0 Å². The van der Waals surface area contributed by atoms with Crippen LogP contribution in [0.5, 0.6) is 5.75 Å². The topological polar surface area (TPSA) is 86.7 Å². The van der Waals surface area contributed by atoms with Gasteiger partial charge in [0, 0.05) is 29.8 Å². The van der Waals surface area contributed by atoms with Crippen molar-refractivity contribution in [1.29, 1.82) is 0 Å². The number of ether oxygens (including phenoxy) is 1. The molecule has 1 aliphatic rings. The zero-order valence-corrected chi connectivity index (χ0v) is 18.8. The van der Waals surface area contributed by atoms with Crippen molar-refractivity contribution in [2.75, 3.05) is 26.0 Å². The van der Waals surface area contributed by atoms with Crippen LogP contribution in [-0.2, 0) is 15.5 Å². The molecule has 1 heterocycles. The maximum atomic E-state index is 13.1. The van der Waals surface area contributed by atoms with Crippen molar-refractivity contribution in [3.05, 3.63) is 63.6 Å². The fourth-order valence-electron chi connectivity index (χ4n) is 3.98. The number of likely N-dealkylation sites (tertiary alicyclic amines) is 1. The van der Waals surface area contributed by atoms with Crippen molar-refractivity contribution >= 4 is 39.2 Å². The third-order valence-electron chi connectivity index (χ3n) is 5.54. The van der Waals surface area contributed by atoms with Gasteiger partial charge in [0.15, 0.2) is 0 Å². The van der Waals surface area contributed by atoms with E-state index in [1.807, 2.05) is 6.07 Å². The lowest BCUT2D eigenvalue weighted by atomic mass is 9.76. The number of rotatable bonds is 7. The second kappa shape index (κ2) is 9.14. The second-order valence-corrected chi connectivity index (χ2v) is 9.82. The fraction of sp³-hybridized carbons (Fsp3) is 0.381. The highest BCUT2D eigenvalue weighted by molar-refractivity contribution is 7.85. The molecule has 0 radical (unpaired) electrons. The highest BCUT2D eigenvalue weighted by Crippen LogP contribution is 2.41. The normalized spacial score (nSPS) is 19.1.